The predicted molar refractivity (Wildman–Crippen MR) is 63.1 cm³/mol. The summed E-state index contributed by atoms with van der Waals surface area (Å²) < 4.78 is 0. The summed E-state index contributed by atoms with van der Waals surface area (Å²) in [5.41, 5.74) is 5.10. The Balaban J connectivity index is 2.30. The van der Waals surface area contributed by atoms with Crippen LogP contribution in [-0.4, -0.2) is 42.2 Å². The first-order valence-corrected chi connectivity index (χ1v) is 6.07. The van der Waals surface area contributed by atoms with Crippen LogP contribution in [0.3, 0.4) is 0 Å². The molecule has 0 aromatic carbocycles. The van der Waals surface area contributed by atoms with E-state index in [2.05, 4.69) is 10.6 Å². The van der Waals surface area contributed by atoms with E-state index >= 15 is 0 Å². The van der Waals surface area contributed by atoms with Gasteiger partial charge in [0, 0.05) is 0 Å². The van der Waals surface area contributed by atoms with Gasteiger partial charge in [-0.3, -0.25) is 9.59 Å². The summed E-state index contributed by atoms with van der Waals surface area (Å²) in [5.74, 6) is -0.640. The second kappa shape index (κ2) is 7.24. The third kappa shape index (κ3) is 5.14. The Morgan fingerprint density at radius 3 is 2.59 bits per heavy atom. The molecule has 17 heavy (non-hydrogen) atoms. The molecule has 0 aromatic heterocycles. The van der Waals surface area contributed by atoms with Gasteiger partial charge < -0.3 is 21.5 Å². The van der Waals surface area contributed by atoms with Crippen LogP contribution in [0.5, 0.6) is 0 Å². The van der Waals surface area contributed by atoms with Crippen molar-refractivity contribution in [2.75, 3.05) is 13.1 Å². The second-order valence-corrected chi connectivity index (χ2v) is 4.36. The Morgan fingerprint density at radius 1 is 1.18 bits per heavy atom. The number of aliphatic hydroxyl groups excluding tert-OH is 1. The molecule has 0 saturated heterocycles. The summed E-state index contributed by atoms with van der Waals surface area (Å²) >= 11 is 0. The molecule has 0 aliphatic heterocycles. The van der Waals surface area contributed by atoms with Gasteiger partial charge in [-0.15, -0.1) is 0 Å². The lowest BCUT2D eigenvalue weighted by atomic mass is 10.1. The maximum absolute atomic E-state index is 11.5. The quantitative estimate of drug-likeness (QED) is 0.469. The van der Waals surface area contributed by atoms with Gasteiger partial charge in [0.1, 0.15) is 0 Å². The lowest BCUT2D eigenvalue weighted by Gasteiger charge is -2.21. The predicted octanol–water partition coefficient (Wildman–Crippen LogP) is -1.13. The molecule has 1 aliphatic rings. The SMILES string of the molecule is NCC(=O)NCC(=O)NC1CCCCCC1O. The fraction of sp³-hybridized carbons (Fsp3) is 0.818. The zero-order chi connectivity index (χ0) is 12.7. The molecule has 0 heterocycles. The molecule has 5 N–H and O–H groups in total. The molecule has 0 bridgehead atoms. The Labute approximate surface area is 101 Å². The molecule has 2 atom stereocenters. The number of nitrogens with two attached hydrogens (primary N) is 1. The first-order chi connectivity index (χ1) is 8.13. The Bertz CT molecular complexity index is 271. The van der Waals surface area contributed by atoms with Crippen LogP contribution in [0.25, 0.3) is 0 Å². The molecule has 1 aliphatic carbocycles. The van der Waals surface area contributed by atoms with Gasteiger partial charge in [0.15, 0.2) is 0 Å². The van der Waals surface area contributed by atoms with Gasteiger partial charge >= 0.3 is 0 Å². The third-order valence-corrected chi connectivity index (χ3v) is 2.96. The van der Waals surface area contributed by atoms with Crippen LogP contribution in [-0.2, 0) is 9.59 Å². The second-order valence-electron chi connectivity index (χ2n) is 4.36. The van der Waals surface area contributed by atoms with Crippen molar-refractivity contribution in [3.8, 4) is 0 Å². The fourth-order valence-electron chi connectivity index (χ4n) is 1.97. The molecule has 1 fully saturated rings. The van der Waals surface area contributed by atoms with Crippen LogP contribution in [0.15, 0.2) is 0 Å². The van der Waals surface area contributed by atoms with Crippen molar-refractivity contribution in [1.82, 2.24) is 10.6 Å². The van der Waals surface area contributed by atoms with Crippen molar-refractivity contribution >= 4 is 11.8 Å². The highest BCUT2D eigenvalue weighted by atomic mass is 16.3. The summed E-state index contributed by atoms with van der Waals surface area (Å²) in [6, 6.07) is -0.195. The van der Waals surface area contributed by atoms with E-state index in [1.807, 2.05) is 0 Å². The van der Waals surface area contributed by atoms with E-state index in [-0.39, 0.29) is 30.9 Å². The minimum absolute atomic E-state index is 0.0841. The van der Waals surface area contributed by atoms with Crippen molar-refractivity contribution in [3.63, 3.8) is 0 Å². The van der Waals surface area contributed by atoms with E-state index in [1.54, 1.807) is 0 Å². The highest BCUT2D eigenvalue weighted by Crippen LogP contribution is 2.17. The summed E-state index contributed by atoms with van der Waals surface area (Å²) in [7, 11) is 0. The Kier molecular flexibility index (Phi) is 5.93. The van der Waals surface area contributed by atoms with E-state index in [1.165, 1.54) is 0 Å². The largest absolute Gasteiger partial charge is 0.391 e. The van der Waals surface area contributed by atoms with Crippen LogP contribution in [0.4, 0.5) is 0 Å². The highest BCUT2D eigenvalue weighted by Gasteiger charge is 2.22. The fourth-order valence-corrected chi connectivity index (χ4v) is 1.97. The number of rotatable bonds is 4. The number of nitrogens with one attached hydrogen (secondary N) is 2. The van der Waals surface area contributed by atoms with E-state index in [9.17, 15) is 14.7 Å². The number of hydrogen-bond donors (Lipinski definition) is 4. The number of amides is 2. The molecular formula is C11H21N3O3. The van der Waals surface area contributed by atoms with Crippen molar-refractivity contribution in [1.29, 1.82) is 0 Å². The monoisotopic (exact) mass is 243 g/mol. The zero-order valence-electron chi connectivity index (χ0n) is 9.95. The van der Waals surface area contributed by atoms with Gasteiger partial charge in [-0.2, -0.15) is 0 Å². The maximum atomic E-state index is 11.5. The van der Waals surface area contributed by atoms with Gasteiger partial charge in [0.05, 0.1) is 25.2 Å². The van der Waals surface area contributed by atoms with Crippen molar-refractivity contribution in [2.24, 2.45) is 5.73 Å². The summed E-state index contributed by atoms with van der Waals surface area (Å²) in [6.07, 6.45) is 4.13. The van der Waals surface area contributed by atoms with Crippen LogP contribution >= 0.6 is 0 Å². The molecule has 0 spiro atoms. The normalized spacial score (nSPS) is 24.8. The lowest BCUT2D eigenvalue weighted by Crippen LogP contribution is -2.47. The average Bonchev–Trinajstić information content (AvgIpc) is 2.52. The average molecular weight is 243 g/mol. The molecule has 6 heteroatoms. The molecule has 2 amide bonds. The highest BCUT2D eigenvalue weighted by molar-refractivity contribution is 5.85. The Hall–Kier alpha value is -1.14. The van der Waals surface area contributed by atoms with Crippen molar-refractivity contribution in [2.45, 2.75) is 44.2 Å². The van der Waals surface area contributed by atoms with Gasteiger partial charge in [0.2, 0.25) is 11.8 Å². The molecule has 2 unspecified atom stereocenters. The molecule has 6 nitrogen and oxygen atoms in total. The summed E-state index contributed by atoms with van der Waals surface area (Å²) in [4.78, 5) is 22.4. The van der Waals surface area contributed by atoms with Crippen molar-refractivity contribution in [3.05, 3.63) is 0 Å². The molecule has 98 valence electrons. The smallest absolute Gasteiger partial charge is 0.239 e. The molecular weight excluding hydrogens is 222 g/mol. The first kappa shape index (κ1) is 13.9. The van der Waals surface area contributed by atoms with Crippen LogP contribution in [0.2, 0.25) is 0 Å². The van der Waals surface area contributed by atoms with Crippen LogP contribution in [0, 0.1) is 0 Å². The van der Waals surface area contributed by atoms with E-state index in [4.69, 9.17) is 5.73 Å². The van der Waals surface area contributed by atoms with Gasteiger partial charge in [-0.1, -0.05) is 19.3 Å². The topological polar surface area (TPSA) is 104 Å². The number of carbonyl (C=O) groups is 2. The van der Waals surface area contributed by atoms with Gasteiger partial charge in [0.25, 0.3) is 0 Å². The number of aliphatic hydroxyl groups is 1. The lowest BCUT2D eigenvalue weighted by molar-refractivity contribution is -0.126. The van der Waals surface area contributed by atoms with E-state index < -0.39 is 6.10 Å². The minimum atomic E-state index is -0.480. The first-order valence-electron chi connectivity index (χ1n) is 6.07. The zero-order valence-corrected chi connectivity index (χ0v) is 9.95. The molecule has 1 saturated carbocycles. The van der Waals surface area contributed by atoms with Crippen molar-refractivity contribution < 1.29 is 14.7 Å². The summed E-state index contributed by atoms with van der Waals surface area (Å²) in [5, 5.41) is 14.9. The van der Waals surface area contributed by atoms with Gasteiger partial charge in [-0.25, -0.2) is 0 Å². The molecule has 0 radical (unpaired) electrons. The maximum Gasteiger partial charge on any atom is 0.239 e. The van der Waals surface area contributed by atoms with Gasteiger partial charge in [-0.05, 0) is 12.8 Å². The minimum Gasteiger partial charge on any atom is -0.391 e. The van der Waals surface area contributed by atoms with E-state index in [0.29, 0.717) is 0 Å². The molecule has 0 aromatic rings. The summed E-state index contributed by atoms with van der Waals surface area (Å²) in [6.45, 7) is -0.210. The third-order valence-electron chi connectivity index (χ3n) is 2.96. The van der Waals surface area contributed by atoms with Crippen LogP contribution in [0.1, 0.15) is 32.1 Å². The standard InChI is InChI=1S/C11H21N3O3/c12-6-10(16)13-7-11(17)14-8-4-2-1-3-5-9(8)15/h8-9,15H,1-7,12H2,(H,13,16)(H,14,17). The molecule has 1 rings (SSSR count). The van der Waals surface area contributed by atoms with Crippen LogP contribution < -0.4 is 16.4 Å². The Morgan fingerprint density at radius 2 is 1.88 bits per heavy atom. The van der Waals surface area contributed by atoms with E-state index in [0.717, 1.165) is 32.1 Å². The number of hydrogen-bond acceptors (Lipinski definition) is 4. The number of carbonyl (C=O) groups excluding carboxylic acids is 2.